The van der Waals surface area contributed by atoms with Crippen LogP contribution in [0.5, 0.6) is 0 Å². The van der Waals surface area contributed by atoms with E-state index in [1.165, 1.54) is 0 Å². The summed E-state index contributed by atoms with van der Waals surface area (Å²) in [7, 11) is 0. The first-order chi connectivity index (χ1) is 7.90. The van der Waals surface area contributed by atoms with Gasteiger partial charge in [-0.3, -0.25) is 0 Å². The van der Waals surface area contributed by atoms with Crippen LogP contribution in [0, 0.1) is 0 Å². The Morgan fingerprint density at radius 3 is 2.88 bits per heavy atom. The quantitative estimate of drug-likeness (QED) is 0.612. The van der Waals surface area contributed by atoms with Gasteiger partial charge in [0.25, 0.3) is 0 Å². The Morgan fingerprint density at radius 2 is 2.12 bits per heavy atom. The molecule has 0 spiro atoms. The van der Waals surface area contributed by atoms with Crippen molar-refractivity contribution in [1.82, 2.24) is 15.5 Å². The van der Waals surface area contributed by atoms with Crippen molar-refractivity contribution >= 4 is 0 Å². The minimum Gasteiger partial charge on any atom is -0.338 e. The molecule has 0 bridgehead atoms. The highest BCUT2D eigenvalue weighted by atomic mass is 16.5. The lowest BCUT2D eigenvalue weighted by molar-refractivity contribution is 0.370. The van der Waals surface area contributed by atoms with Crippen molar-refractivity contribution < 1.29 is 4.52 Å². The van der Waals surface area contributed by atoms with Crippen LogP contribution in [0.2, 0.25) is 0 Å². The minimum atomic E-state index is 0.561. The van der Waals surface area contributed by atoms with Crippen LogP contribution < -0.4 is 5.32 Å². The molecule has 0 saturated heterocycles. The van der Waals surface area contributed by atoms with E-state index in [0.717, 1.165) is 12.1 Å². The number of hydrogen-bond acceptors (Lipinski definition) is 4. The molecule has 4 heteroatoms. The lowest BCUT2D eigenvalue weighted by Gasteiger charge is -1.93. The molecule has 0 aliphatic carbocycles. The highest BCUT2D eigenvalue weighted by molar-refractivity contribution is 5.53. The van der Waals surface area contributed by atoms with Crippen LogP contribution in [0.3, 0.4) is 0 Å². The van der Waals surface area contributed by atoms with Gasteiger partial charge in [0.05, 0.1) is 6.54 Å². The molecule has 2 rings (SSSR count). The second-order valence-electron chi connectivity index (χ2n) is 3.30. The van der Waals surface area contributed by atoms with Gasteiger partial charge in [0.1, 0.15) is 0 Å². The van der Waals surface area contributed by atoms with Crippen molar-refractivity contribution in [3.8, 4) is 11.4 Å². The van der Waals surface area contributed by atoms with Gasteiger partial charge in [-0.05, 0) is 0 Å². The van der Waals surface area contributed by atoms with Crippen LogP contribution in [-0.2, 0) is 6.54 Å². The summed E-state index contributed by atoms with van der Waals surface area (Å²) in [5.41, 5.74) is 0.959. The molecule has 0 unspecified atom stereocenters. The maximum Gasteiger partial charge on any atom is 0.240 e. The molecule has 0 atom stereocenters. The fourth-order valence-electron chi connectivity index (χ4n) is 1.31. The monoisotopic (exact) mass is 215 g/mol. The molecule has 2 aromatic rings. The van der Waals surface area contributed by atoms with E-state index in [-0.39, 0.29) is 0 Å². The van der Waals surface area contributed by atoms with Crippen molar-refractivity contribution in [3.63, 3.8) is 0 Å². The summed E-state index contributed by atoms with van der Waals surface area (Å²) >= 11 is 0. The van der Waals surface area contributed by atoms with Crippen LogP contribution in [0.25, 0.3) is 11.4 Å². The van der Waals surface area contributed by atoms with E-state index in [4.69, 9.17) is 4.52 Å². The van der Waals surface area contributed by atoms with Crippen molar-refractivity contribution in [2.75, 3.05) is 6.54 Å². The van der Waals surface area contributed by atoms with Gasteiger partial charge in [0, 0.05) is 12.1 Å². The van der Waals surface area contributed by atoms with Gasteiger partial charge in [0.15, 0.2) is 0 Å². The number of rotatable bonds is 5. The SMILES string of the molecule is C=CCNCc1nc(-c2ccccc2)no1. The zero-order chi connectivity index (χ0) is 11.2. The Labute approximate surface area is 94.0 Å². The summed E-state index contributed by atoms with van der Waals surface area (Å²) in [5.74, 6) is 1.21. The standard InChI is InChI=1S/C12H13N3O/c1-2-8-13-9-11-14-12(15-16-11)10-6-4-3-5-7-10/h2-7,13H,1,8-9H2. The second kappa shape index (κ2) is 5.23. The Balaban J connectivity index is 2.05. The molecule has 1 heterocycles. The van der Waals surface area contributed by atoms with E-state index in [2.05, 4.69) is 22.0 Å². The fraction of sp³-hybridized carbons (Fsp3) is 0.167. The largest absolute Gasteiger partial charge is 0.338 e. The topological polar surface area (TPSA) is 51.0 Å². The summed E-state index contributed by atoms with van der Waals surface area (Å²) in [6.07, 6.45) is 1.79. The normalized spacial score (nSPS) is 10.2. The van der Waals surface area contributed by atoms with Crippen molar-refractivity contribution in [1.29, 1.82) is 0 Å². The second-order valence-corrected chi connectivity index (χ2v) is 3.30. The van der Waals surface area contributed by atoms with Crippen LogP contribution in [0.4, 0.5) is 0 Å². The Hall–Kier alpha value is -1.94. The predicted molar refractivity (Wildman–Crippen MR) is 61.6 cm³/mol. The molecule has 0 amide bonds. The molecule has 82 valence electrons. The highest BCUT2D eigenvalue weighted by Crippen LogP contribution is 2.14. The first-order valence-corrected chi connectivity index (χ1v) is 5.10. The first-order valence-electron chi connectivity index (χ1n) is 5.10. The molecule has 1 N–H and O–H groups in total. The van der Waals surface area contributed by atoms with Gasteiger partial charge in [0.2, 0.25) is 11.7 Å². The van der Waals surface area contributed by atoms with Crippen LogP contribution >= 0.6 is 0 Å². The van der Waals surface area contributed by atoms with E-state index >= 15 is 0 Å². The molecule has 16 heavy (non-hydrogen) atoms. The van der Waals surface area contributed by atoms with Crippen LogP contribution in [0.15, 0.2) is 47.5 Å². The molecule has 0 fully saturated rings. The number of hydrogen-bond donors (Lipinski definition) is 1. The number of nitrogens with zero attached hydrogens (tertiary/aromatic N) is 2. The third-order valence-electron chi connectivity index (χ3n) is 2.06. The summed E-state index contributed by atoms with van der Waals surface area (Å²) in [5, 5.41) is 7.02. The van der Waals surface area contributed by atoms with Gasteiger partial charge >= 0.3 is 0 Å². The van der Waals surface area contributed by atoms with E-state index < -0.39 is 0 Å². The van der Waals surface area contributed by atoms with E-state index in [9.17, 15) is 0 Å². The summed E-state index contributed by atoms with van der Waals surface area (Å²) in [4.78, 5) is 4.28. The predicted octanol–water partition coefficient (Wildman–Crippen LogP) is 2.01. The van der Waals surface area contributed by atoms with Crippen molar-refractivity contribution in [3.05, 3.63) is 48.9 Å². The van der Waals surface area contributed by atoms with Gasteiger partial charge in [-0.15, -0.1) is 6.58 Å². The molecule has 0 aliphatic heterocycles. The zero-order valence-electron chi connectivity index (χ0n) is 8.89. The van der Waals surface area contributed by atoms with Gasteiger partial charge in [-0.25, -0.2) is 0 Å². The first kappa shape index (κ1) is 10.6. The third kappa shape index (κ3) is 2.55. The molecule has 0 aliphatic rings. The summed E-state index contributed by atoms with van der Waals surface area (Å²) in [6, 6.07) is 9.75. The maximum atomic E-state index is 5.11. The molecule has 1 aromatic carbocycles. The molecule has 4 nitrogen and oxygen atoms in total. The number of benzene rings is 1. The van der Waals surface area contributed by atoms with Gasteiger partial charge in [-0.2, -0.15) is 4.98 Å². The Kier molecular flexibility index (Phi) is 3.46. The third-order valence-corrected chi connectivity index (χ3v) is 2.06. The number of aromatic nitrogens is 2. The zero-order valence-corrected chi connectivity index (χ0v) is 8.89. The van der Waals surface area contributed by atoms with Gasteiger partial charge in [-0.1, -0.05) is 41.6 Å². The van der Waals surface area contributed by atoms with E-state index in [1.54, 1.807) is 6.08 Å². The Bertz CT molecular complexity index is 450. The molecular formula is C12H13N3O. The van der Waals surface area contributed by atoms with Crippen molar-refractivity contribution in [2.24, 2.45) is 0 Å². The lowest BCUT2D eigenvalue weighted by Crippen LogP contribution is -2.12. The molecule has 1 aromatic heterocycles. The Morgan fingerprint density at radius 1 is 1.31 bits per heavy atom. The van der Waals surface area contributed by atoms with Crippen molar-refractivity contribution in [2.45, 2.75) is 6.54 Å². The summed E-state index contributed by atoms with van der Waals surface area (Å²) < 4.78 is 5.11. The molecular weight excluding hydrogens is 202 g/mol. The number of nitrogens with one attached hydrogen (secondary N) is 1. The maximum absolute atomic E-state index is 5.11. The van der Waals surface area contributed by atoms with Crippen LogP contribution in [-0.4, -0.2) is 16.7 Å². The van der Waals surface area contributed by atoms with Gasteiger partial charge < -0.3 is 9.84 Å². The van der Waals surface area contributed by atoms with E-state index in [1.807, 2.05) is 30.3 Å². The minimum absolute atomic E-state index is 0.561. The van der Waals surface area contributed by atoms with E-state index in [0.29, 0.717) is 18.3 Å². The highest BCUT2D eigenvalue weighted by Gasteiger charge is 2.06. The average Bonchev–Trinajstić information content (AvgIpc) is 2.79. The molecule has 0 saturated carbocycles. The average molecular weight is 215 g/mol. The summed E-state index contributed by atoms with van der Waals surface area (Å²) in [6.45, 7) is 4.90. The smallest absolute Gasteiger partial charge is 0.240 e. The van der Waals surface area contributed by atoms with Crippen LogP contribution in [0.1, 0.15) is 5.89 Å². The fourth-order valence-corrected chi connectivity index (χ4v) is 1.31. The lowest BCUT2D eigenvalue weighted by atomic mass is 10.2. The molecule has 0 radical (unpaired) electrons.